The number of ether oxygens (including phenoxy) is 1. The summed E-state index contributed by atoms with van der Waals surface area (Å²) in [6, 6.07) is 0.995. The first-order valence-corrected chi connectivity index (χ1v) is 5.76. The summed E-state index contributed by atoms with van der Waals surface area (Å²) in [5.74, 6) is -1.53. The van der Waals surface area contributed by atoms with E-state index in [-0.39, 0.29) is 17.8 Å². The van der Waals surface area contributed by atoms with Crippen LogP contribution in [0.1, 0.15) is 24.2 Å². The number of nitrogens with zero attached hydrogens (tertiary/aromatic N) is 2. The van der Waals surface area contributed by atoms with Crippen molar-refractivity contribution in [2.24, 2.45) is 0 Å². The largest absolute Gasteiger partial charge is 0.478 e. The highest BCUT2D eigenvalue weighted by atomic mass is 19.1. The second kappa shape index (κ2) is 4.89. The van der Waals surface area contributed by atoms with Gasteiger partial charge < -0.3 is 14.7 Å². The number of anilines is 1. The number of aromatic carboxylic acids is 1. The molecule has 5 nitrogen and oxygen atoms in total. The van der Waals surface area contributed by atoms with E-state index < -0.39 is 11.8 Å². The lowest BCUT2D eigenvalue weighted by atomic mass is 10.2. The van der Waals surface area contributed by atoms with Gasteiger partial charge in [-0.2, -0.15) is 0 Å². The summed E-state index contributed by atoms with van der Waals surface area (Å²) in [4.78, 5) is 16.8. The van der Waals surface area contributed by atoms with Crippen LogP contribution in [-0.2, 0) is 4.74 Å². The summed E-state index contributed by atoms with van der Waals surface area (Å²) >= 11 is 0. The molecule has 1 aliphatic rings. The lowest BCUT2D eigenvalue weighted by molar-refractivity contribution is -0.00557. The number of pyridine rings is 1. The Morgan fingerprint density at radius 3 is 2.67 bits per heavy atom. The molecule has 2 rings (SSSR count). The van der Waals surface area contributed by atoms with Gasteiger partial charge in [0.15, 0.2) is 0 Å². The van der Waals surface area contributed by atoms with Gasteiger partial charge in [0, 0.05) is 13.1 Å². The fourth-order valence-electron chi connectivity index (χ4n) is 2.19. The zero-order valence-electron chi connectivity index (χ0n) is 10.3. The second-order valence-corrected chi connectivity index (χ2v) is 4.49. The van der Waals surface area contributed by atoms with Crippen LogP contribution in [0, 0.1) is 5.82 Å². The molecular formula is C12H15FN2O3. The highest BCUT2D eigenvalue weighted by Crippen LogP contribution is 2.22. The van der Waals surface area contributed by atoms with Gasteiger partial charge in [-0.05, 0) is 19.9 Å². The van der Waals surface area contributed by atoms with E-state index in [1.165, 1.54) is 0 Å². The lowest BCUT2D eigenvalue weighted by Crippen LogP contribution is -2.46. The lowest BCUT2D eigenvalue weighted by Gasteiger charge is -2.36. The number of carboxylic acid groups (broad SMARTS) is 1. The topological polar surface area (TPSA) is 62.7 Å². The molecule has 0 saturated carbocycles. The third kappa shape index (κ3) is 2.59. The molecule has 0 amide bonds. The molecule has 1 fully saturated rings. The van der Waals surface area contributed by atoms with Crippen molar-refractivity contribution in [1.82, 2.24) is 4.98 Å². The minimum atomic E-state index is -1.18. The van der Waals surface area contributed by atoms with Crippen LogP contribution in [-0.4, -0.2) is 41.4 Å². The Balaban J connectivity index is 2.35. The minimum absolute atomic E-state index is 0.0118. The molecule has 1 aromatic rings. The zero-order chi connectivity index (χ0) is 13.3. The summed E-state index contributed by atoms with van der Waals surface area (Å²) in [7, 11) is 0. The maximum Gasteiger partial charge on any atom is 0.339 e. The van der Waals surface area contributed by atoms with Crippen LogP contribution in [0.5, 0.6) is 0 Å². The SMILES string of the molecule is CC1CN(c2ncc(F)cc2C(=O)O)CC(C)O1. The Labute approximate surface area is 104 Å². The van der Waals surface area contributed by atoms with Crippen molar-refractivity contribution in [3.8, 4) is 0 Å². The van der Waals surface area contributed by atoms with Crippen molar-refractivity contribution in [3.05, 3.63) is 23.6 Å². The van der Waals surface area contributed by atoms with Crippen molar-refractivity contribution in [1.29, 1.82) is 0 Å². The maximum absolute atomic E-state index is 13.1. The van der Waals surface area contributed by atoms with E-state index in [2.05, 4.69) is 4.98 Å². The van der Waals surface area contributed by atoms with E-state index in [1.54, 1.807) is 0 Å². The van der Waals surface area contributed by atoms with Gasteiger partial charge in [-0.15, -0.1) is 0 Å². The molecular weight excluding hydrogens is 239 g/mol. The zero-order valence-corrected chi connectivity index (χ0v) is 10.3. The van der Waals surface area contributed by atoms with Gasteiger partial charge >= 0.3 is 5.97 Å². The van der Waals surface area contributed by atoms with Gasteiger partial charge in [0.2, 0.25) is 0 Å². The number of hydrogen-bond donors (Lipinski definition) is 1. The third-order valence-corrected chi connectivity index (χ3v) is 2.78. The number of carboxylic acids is 1. The van der Waals surface area contributed by atoms with E-state index in [1.807, 2.05) is 18.7 Å². The van der Waals surface area contributed by atoms with Crippen LogP contribution in [0.4, 0.5) is 10.2 Å². The first kappa shape index (κ1) is 12.8. The Kier molecular flexibility index (Phi) is 3.47. The first-order chi connectivity index (χ1) is 8.47. The average Bonchev–Trinajstić information content (AvgIpc) is 2.27. The molecule has 98 valence electrons. The van der Waals surface area contributed by atoms with Gasteiger partial charge in [0.05, 0.1) is 18.4 Å². The van der Waals surface area contributed by atoms with Gasteiger partial charge in [-0.1, -0.05) is 0 Å². The molecule has 2 atom stereocenters. The summed E-state index contributed by atoms with van der Waals surface area (Å²) in [5, 5.41) is 9.09. The smallest absolute Gasteiger partial charge is 0.339 e. The fraction of sp³-hybridized carbons (Fsp3) is 0.500. The van der Waals surface area contributed by atoms with E-state index in [4.69, 9.17) is 9.84 Å². The molecule has 18 heavy (non-hydrogen) atoms. The van der Waals surface area contributed by atoms with Crippen molar-refractivity contribution >= 4 is 11.8 Å². The standard InChI is InChI=1S/C12H15FN2O3/c1-7-5-15(6-8(2)18-7)11-10(12(16)17)3-9(13)4-14-11/h3-4,7-8H,5-6H2,1-2H3,(H,16,17). The number of halogens is 1. The maximum atomic E-state index is 13.1. The highest BCUT2D eigenvalue weighted by molar-refractivity contribution is 5.93. The molecule has 1 N–H and O–H groups in total. The van der Waals surface area contributed by atoms with E-state index >= 15 is 0 Å². The molecule has 0 aromatic carbocycles. The van der Waals surface area contributed by atoms with Crippen LogP contribution in [0.15, 0.2) is 12.3 Å². The van der Waals surface area contributed by atoms with E-state index in [9.17, 15) is 9.18 Å². The number of morpholine rings is 1. The molecule has 2 heterocycles. The van der Waals surface area contributed by atoms with Crippen molar-refractivity contribution in [2.45, 2.75) is 26.1 Å². The number of carbonyl (C=O) groups is 1. The number of aromatic nitrogens is 1. The van der Waals surface area contributed by atoms with Crippen molar-refractivity contribution in [2.75, 3.05) is 18.0 Å². The Hall–Kier alpha value is -1.69. The van der Waals surface area contributed by atoms with Crippen LogP contribution in [0.2, 0.25) is 0 Å². The molecule has 0 bridgehead atoms. The van der Waals surface area contributed by atoms with Crippen LogP contribution in [0.3, 0.4) is 0 Å². The molecule has 0 spiro atoms. The van der Waals surface area contributed by atoms with Crippen molar-refractivity contribution < 1.29 is 19.0 Å². The Morgan fingerprint density at radius 2 is 2.11 bits per heavy atom. The quantitative estimate of drug-likeness (QED) is 0.867. The van der Waals surface area contributed by atoms with Gasteiger partial charge in [0.25, 0.3) is 0 Å². The summed E-state index contributed by atoms with van der Waals surface area (Å²) in [6.45, 7) is 4.91. The first-order valence-electron chi connectivity index (χ1n) is 5.76. The van der Waals surface area contributed by atoms with E-state index in [0.29, 0.717) is 18.9 Å². The normalized spacial score (nSPS) is 24.1. The number of rotatable bonds is 2. The fourth-order valence-corrected chi connectivity index (χ4v) is 2.19. The molecule has 6 heteroatoms. The summed E-state index contributed by atoms with van der Waals surface area (Å²) in [6.07, 6.45) is 1.01. The summed E-state index contributed by atoms with van der Waals surface area (Å²) in [5.41, 5.74) is -0.115. The van der Waals surface area contributed by atoms with Crippen LogP contribution in [0.25, 0.3) is 0 Å². The van der Waals surface area contributed by atoms with E-state index in [0.717, 1.165) is 12.3 Å². The number of hydrogen-bond acceptors (Lipinski definition) is 4. The molecule has 1 saturated heterocycles. The minimum Gasteiger partial charge on any atom is -0.478 e. The molecule has 0 aliphatic carbocycles. The van der Waals surface area contributed by atoms with Gasteiger partial charge in [0.1, 0.15) is 17.2 Å². The average molecular weight is 254 g/mol. The van der Waals surface area contributed by atoms with Gasteiger partial charge in [-0.25, -0.2) is 14.2 Å². The highest BCUT2D eigenvalue weighted by Gasteiger charge is 2.26. The monoisotopic (exact) mass is 254 g/mol. The second-order valence-electron chi connectivity index (χ2n) is 4.49. The third-order valence-electron chi connectivity index (χ3n) is 2.78. The summed E-state index contributed by atoms with van der Waals surface area (Å²) < 4.78 is 18.6. The molecule has 1 aliphatic heterocycles. The van der Waals surface area contributed by atoms with Crippen LogP contribution >= 0.6 is 0 Å². The predicted molar refractivity (Wildman–Crippen MR) is 63.4 cm³/mol. The Morgan fingerprint density at radius 1 is 1.50 bits per heavy atom. The molecule has 1 aromatic heterocycles. The van der Waals surface area contributed by atoms with Crippen molar-refractivity contribution in [3.63, 3.8) is 0 Å². The predicted octanol–water partition coefficient (Wildman–Crippen LogP) is 1.53. The molecule has 2 unspecified atom stereocenters. The molecule has 0 radical (unpaired) electrons. The van der Waals surface area contributed by atoms with Gasteiger partial charge in [-0.3, -0.25) is 0 Å². The Bertz CT molecular complexity index is 457. The van der Waals surface area contributed by atoms with Crippen LogP contribution < -0.4 is 4.90 Å².